The number of amidine groups is 1. The largest absolute Gasteiger partial charge is 0.496 e. The first-order chi connectivity index (χ1) is 11.5. The number of oxime groups is 1. The molecule has 0 aliphatic heterocycles. The third-order valence-electron chi connectivity index (χ3n) is 3.39. The molecule has 0 aliphatic rings. The molecule has 2 aromatic rings. The van der Waals surface area contributed by atoms with Gasteiger partial charge in [-0.05, 0) is 37.3 Å². The molecule has 6 nitrogen and oxygen atoms in total. The van der Waals surface area contributed by atoms with Crippen molar-refractivity contribution in [2.24, 2.45) is 10.9 Å². The SMILES string of the molecule is COc1ccc(Cl)cc1/C(N)=N/OC(=O)c1cccc(OC)c1C. The van der Waals surface area contributed by atoms with Gasteiger partial charge in [-0.15, -0.1) is 0 Å². The molecule has 0 saturated carbocycles. The minimum atomic E-state index is -0.643. The number of ether oxygens (including phenoxy) is 2. The zero-order valence-corrected chi connectivity index (χ0v) is 14.3. The number of hydrogen-bond donors (Lipinski definition) is 1. The molecule has 7 heteroatoms. The highest BCUT2D eigenvalue weighted by atomic mass is 35.5. The van der Waals surface area contributed by atoms with Gasteiger partial charge in [-0.1, -0.05) is 22.8 Å². The van der Waals surface area contributed by atoms with E-state index in [2.05, 4.69) is 5.16 Å². The lowest BCUT2D eigenvalue weighted by Crippen LogP contribution is -2.16. The fraction of sp³-hybridized carbons (Fsp3) is 0.176. The molecule has 0 aliphatic carbocycles. The summed E-state index contributed by atoms with van der Waals surface area (Å²) in [7, 11) is 3.02. The molecule has 24 heavy (non-hydrogen) atoms. The molecule has 0 saturated heterocycles. The Morgan fingerprint density at radius 2 is 1.79 bits per heavy atom. The summed E-state index contributed by atoms with van der Waals surface area (Å²) in [5, 5.41) is 4.14. The van der Waals surface area contributed by atoms with Crippen LogP contribution in [0, 0.1) is 6.92 Å². The topological polar surface area (TPSA) is 83.1 Å². The molecule has 0 aromatic heterocycles. The molecular weight excluding hydrogens is 332 g/mol. The van der Waals surface area contributed by atoms with E-state index in [1.807, 2.05) is 0 Å². The van der Waals surface area contributed by atoms with Crippen LogP contribution in [0.4, 0.5) is 0 Å². The number of nitrogens with zero attached hydrogens (tertiary/aromatic N) is 1. The fourth-order valence-corrected chi connectivity index (χ4v) is 2.30. The highest BCUT2D eigenvalue weighted by molar-refractivity contribution is 6.31. The van der Waals surface area contributed by atoms with E-state index < -0.39 is 5.97 Å². The van der Waals surface area contributed by atoms with Gasteiger partial charge in [-0.3, -0.25) is 0 Å². The van der Waals surface area contributed by atoms with Crippen LogP contribution >= 0.6 is 11.6 Å². The molecule has 2 aromatic carbocycles. The quantitative estimate of drug-likeness (QED) is 0.388. The molecule has 0 fully saturated rings. The maximum absolute atomic E-state index is 12.2. The molecule has 126 valence electrons. The van der Waals surface area contributed by atoms with Crippen molar-refractivity contribution in [3.63, 3.8) is 0 Å². The second-order valence-corrected chi connectivity index (χ2v) is 5.27. The maximum atomic E-state index is 12.2. The van der Waals surface area contributed by atoms with E-state index in [0.29, 0.717) is 33.2 Å². The third-order valence-corrected chi connectivity index (χ3v) is 3.62. The smallest absolute Gasteiger partial charge is 0.366 e. The van der Waals surface area contributed by atoms with Crippen molar-refractivity contribution < 1.29 is 19.1 Å². The maximum Gasteiger partial charge on any atom is 0.366 e. The molecule has 2 rings (SSSR count). The molecule has 0 heterocycles. The zero-order valence-electron chi connectivity index (χ0n) is 13.5. The van der Waals surface area contributed by atoms with Gasteiger partial charge in [-0.25, -0.2) is 4.79 Å². The summed E-state index contributed by atoms with van der Waals surface area (Å²) < 4.78 is 10.4. The van der Waals surface area contributed by atoms with E-state index in [-0.39, 0.29) is 5.84 Å². The van der Waals surface area contributed by atoms with E-state index in [1.165, 1.54) is 14.2 Å². The van der Waals surface area contributed by atoms with Gasteiger partial charge in [0.2, 0.25) is 0 Å². The number of carbonyl (C=O) groups is 1. The lowest BCUT2D eigenvalue weighted by Gasteiger charge is -2.09. The third kappa shape index (κ3) is 3.78. The Labute approximate surface area is 144 Å². The van der Waals surface area contributed by atoms with Gasteiger partial charge in [-0.2, -0.15) is 0 Å². The summed E-state index contributed by atoms with van der Waals surface area (Å²) >= 11 is 5.94. The molecule has 0 bridgehead atoms. The number of halogens is 1. The lowest BCUT2D eigenvalue weighted by molar-refractivity contribution is 0.0514. The van der Waals surface area contributed by atoms with Crippen molar-refractivity contribution in [2.45, 2.75) is 6.92 Å². The second kappa shape index (κ2) is 7.70. The van der Waals surface area contributed by atoms with Crippen molar-refractivity contribution in [2.75, 3.05) is 14.2 Å². The van der Waals surface area contributed by atoms with E-state index in [0.717, 1.165) is 0 Å². The summed E-state index contributed by atoms with van der Waals surface area (Å²) in [5.41, 5.74) is 7.29. The van der Waals surface area contributed by atoms with Gasteiger partial charge in [0.1, 0.15) is 11.5 Å². The first-order valence-corrected chi connectivity index (χ1v) is 7.38. The number of benzene rings is 2. The lowest BCUT2D eigenvalue weighted by atomic mass is 10.1. The Kier molecular flexibility index (Phi) is 5.65. The van der Waals surface area contributed by atoms with E-state index in [9.17, 15) is 4.79 Å². The van der Waals surface area contributed by atoms with Crippen LogP contribution in [-0.4, -0.2) is 26.0 Å². The van der Waals surface area contributed by atoms with Crippen molar-refractivity contribution >= 4 is 23.4 Å². The van der Waals surface area contributed by atoms with Crippen molar-refractivity contribution in [1.82, 2.24) is 0 Å². The number of nitrogens with two attached hydrogens (primary N) is 1. The van der Waals surface area contributed by atoms with Crippen LogP contribution in [0.25, 0.3) is 0 Å². The van der Waals surface area contributed by atoms with Crippen LogP contribution in [0.5, 0.6) is 11.5 Å². The van der Waals surface area contributed by atoms with Crippen LogP contribution in [0.1, 0.15) is 21.5 Å². The van der Waals surface area contributed by atoms with Crippen LogP contribution in [0.15, 0.2) is 41.6 Å². The summed E-state index contributed by atoms with van der Waals surface area (Å²) in [6, 6.07) is 9.93. The van der Waals surface area contributed by atoms with Gasteiger partial charge in [0, 0.05) is 10.6 Å². The number of rotatable bonds is 5. The standard InChI is InChI=1S/C17H17ClN2O4/c1-10-12(5-4-6-14(10)22-2)17(21)24-20-16(19)13-9-11(18)7-8-15(13)23-3/h4-9H,1-3H3,(H2,19,20). The van der Waals surface area contributed by atoms with Gasteiger partial charge in [0.25, 0.3) is 0 Å². The highest BCUT2D eigenvalue weighted by Gasteiger charge is 2.15. The fourth-order valence-electron chi connectivity index (χ4n) is 2.13. The molecule has 0 unspecified atom stereocenters. The van der Waals surface area contributed by atoms with Crippen molar-refractivity contribution in [3.8, 4) is 11.5 Å². The van der Waals surface area contributed by atoms with E-state index >= 15 is 0 Å². The summed E-state index contributed by atoms with van der Waals surface area (Å²) in [6.07, 6.45) is 0. The predicted octanol–water partition coefficient (Wildman–Crippen LogP) is 3.14. The van der Waals surface area contributed by atoms with Crippen molar-refractivity contribution in [1.29, 1.82) is 0 Å². The summed E-state index contributed by atoms with van der Waals surface area (Å²) in [4.78, 5) is 17.1. The molecule has 0 radical (unpaired) electrons. The molecule has 0 spiro atoms. The monoisotopic (exact) mass is 348 g/mol. The van der Waals surface area contributed by atoms with Crippen LogP contribution < -0.4 is 15.2 Å². The minimum absolute atomic E-state index is 0.0248. The van der Waals surface area contributed by atoms with Gasteiger partial charge in [0.05, 0.1) is 25.3 Å². The summed E-state index contributed by atoms with van der Waals surface area (Å²) in [6.45, 7) is 1.75. The molecular formula is C17H17ClN2O4. The number of carbonyl (C=O) groups excluding carboxylic acids is 1. The van der Waals surface area contributed by atoms with Gasteiger partial charge < -0.3 is 20.0 Å². The molecule has 0 atom stereocenters. The Bertz CT molecular complexity index is 790. The average molecular weight is 349 g/mol. The van der Waals surface area contributed by atoms with Crippen LogP contribution in [0.3, 0.4) is 0 Å². The van der Waals surface area contributed by atoms with Crippen molar-refractivity contribution in [3.05, 3.63) is 58.1 Å². The Morgan fingerprint density at radius 1 is 1.08 bits per heavy atom. The number of hydrogen-bond acceptors (Lipinski definition) is 5. The number of methoxy groups -OCH3 is 2. The Balaban J connectivity index is 2.24. The summed E-state index contributed by atoms with van der Waals surface area (Å²) in [5.74, 6) is 0.380. The van der Waals surface area contributed by atoms with Gasteiger partial charge in [0.15, 0.2) is 5.84 Å². The normalized spacial score (nSPS) is 11.1. The first-order valence-electron chi connectivity index (χ1n) is 7.00. The van der Waals surface area contributed by atoms with Crippen LogP contribution in [0.2, 0.25) is 5.02 Å². The second-order valence-electron chi connectivity index (χ2n) is 4.83. The van der Waals surface area contributed by atoms with Crippen LogP contribution in [-0.2, 0) is 4.84 Å². The first kappa shape index (κ1) is 17.6. The van der Waals surface area contributed by atoms with E-state index in [1.54, 1.807) is 43.3 Å². The molecule has 2 N–H and O–H groups in total. The predicted molar refractivity (Wildman–Crippen MR) is 91.9 cm³/mol. The average Bonchev–Trinajstić information content (AvgIpc) is 2.59. The van der Waals surface area contributed by atoms with Gasteiger partial charge >= 0.3 is 5.97 Å². The zero-order chi connectivity index (χ0) is 17.7. The molecule has 0 amide bonds. The van der Waals surface area contributed by atoms with E-state index in [4.69, 9.17) is 31.6 Å². The minimum Gasteiger partial charge on any atom is -0.496 e. The Morgan fingerprint density at radius 3 is 2.46 bits per heavy atom. The highest BCUT2D eigenvalue weighted by Crippen LogP contribution is 2.23. The Hall–Kier alpha value is -2.73.